The van der Waals surface area contributed by atoms with Gasteiger partial charge in [-0.05, 0) is 32.1 Å². The van der Waals surface area contributed by atoms with Crippen molar-refractivity contribution in [3.05, 3.63) is 24.6 Å². The second-order valence-corrected chi connectivity index (χ2v) is 9.46. The number of hydrogen-bond donors (Lipinski definition) is 2. The molecule has 1 heterocycles. The Morgan fingerprint density at radius 3 is 1.94 bits per heavy atom. The van der Waals surface area contributed by atoms with E-state index in [9.17, 15) is 9.90 Å². The molecule has 0 saturated carbocycles. The zero-order valence-electron chi connectivity index (χ0n) is 20.9. The van der Waals surface area contributed by atoms with Gasteiger partial charge in [-0.1, -0.05) is 89.7 Å². The van der Waals surface area contributed by atoms with Gasteiger partial charge >= 0.3 is 5.97 Å². The number of carboxylic acids is 1. The van der Waals surface area contributed by atoms with Crippen LogP contribution in [0.1, 0.15) is 123 Å². The minimum absolute atomic E-state index is 0.0282. The van der Waals surface area contributed by atoms with Gasteiger partial charge < -0.3 is 5.11 Å². The van der Waals surface area contributed by atoms with Gasteiger partial charge in [0, 0.05) is 13.3 Å². The number of rotatable bonds is 21. The van der Waals surface area contributed by atoms with Crippen molar-refractivity contribution in [2.75, 3.05) is 6.54 Å². The summed E-state index contributed by atoms with van der Waals surface area (Å²) in [6.07, 6.45) is 29.7. The summed E-state index contributed by atoms with van der Waals surface area (Å²) in [6.45, 7) is 4.11. The number of nitrogens with two attached hydrogens (primary N) is 1. The van der Waals surface area contributed by atoms with E-state index in [0.29, 0.717) is 0 Å². The molecule has 184 valence electrons. The maximum absolute atomic E-state index is 11.3. The number of hydrogen-bond acceptors (Lipinski definition) is 3. The van der Waals surface area contributed by atoms with Gasteiger partial charge in [0.05, 0.1) is 6.20 Å². The average Bonchev–Trinajstić information content (AvgIpc) is 3.16. The van der Waals surface area contributed by atoms with Gasteiger partial charge in [0.1, 0.15) is 12.4 Å². The van der Waals surface area contributed by atoms with Gasteiger partial charge in [-0.2, -0.15) is 0 Å². The number of carbonyl (C=O) groups is 1. The molecule has 0 aromatic heterocycles. The predicted molar refractivity (Wildman–Crippen MR) is 136 cm³/mol. The van der Waals surface area contributed by atoms with Crippen molar-refractivity contribution in [1.29, 1.82) is 0 Å². The normalized spacial score (nSPS) is 19.0. The lowest BCUT2D eigenvalue weighted by Gasteiger charge is -2.34. The predicted octanol–water partition coefficient (Wildman–Crippen LogP) is 7.28. The van der Waals surface area contributed by atoms with E-state index in [-0.39, 0.29) is 17.2 Å². The lowest BCUT2D eigenvalue weighted by atomic mass is 10.1. The number of quaternary nitrogens is 1. The summed E-state index contributed by atoms with van der Waals surface area (Å²) in [5, 5.41) is 9.27. The minimum atomic E-state index is -0.839. The van der Waals surface area contributed by atoms with E-state index >= 15 is 0 Å². The second kappa shape index (κ2) is 18.0. The molecule has 0 saturated heterocycles. The largest absolute Gasteiger partial charge is 0.477 e. The quantitative estimate of drug-likeness (QED) is 0.110. The summed E-state index contributed by atoms with van der Waals surface area (Å²) in [5.41, 5.74) is 6.11. The molecule has 0 fully saturated rings. The molecule has 0 radical (unpaired) electrons. The van der Waals surface area contributed by atoms with E-state index < -0.39 is 5.97 Å². The molecule has 1 aliphatic rings. The van der Waals surface area contributed by atoms with Gasteiger partial charge in [0.25, 0.3) is 0 Å². The molecule has 2 unspecified atom stereocenters. The SMILES string of the molecule is CCCCCCCCCC/C=C/CCCCCCCCC1=NC=C[N+]1(CC(=O)O)C(C)N. The average molecular weight is 449 g/mol. The fourth-order valence-electron chi connectivity index (χ4n) is 4.47. The van der Waals surface area contributed by atoms with E-state index in [0.717, 1.165) is 18.7 Å². The third-order valence-corrected chi connectivity index (χ3v) is 6.57. The maximum Gasteiger partial charge on any atom is 0.360 e. The summed E-state index contributed by atoms with van der Waals surface area (Å²) in [4.78, 5) is 15.7. The molecule has 0 aromatic rings. The second-order valence-electron chi connectivity index (χ2n) is 9.46. The zero-order chi connectivity index (χ0) is 23.5. The van der Waals surface area contributed by atoms with E-state index in [2.05, 4.69) is 24.1 Å². The van der Waals surface area contributed by atoms with Gasteiger partial charge in [0.15, 0.2) is 6.54 Å². The number of unbranched alkanes of at least 4 members (excludes halogenated alkanes) is 14. The fourth-order valence-corrected chi connectivity index (χ4v) is 4.47. The summed E-state index contributed by atoms with van der Waals surface area (Å²) < 4.78 is 0.167. The van der Waals surface area contributed by atoms with Crippen LogP contribution < -0.4 is 5.73 Å². The number of carboxylic acid groups (broad SMARTS) is 1. The molecule has 5 nitrogen and oxygen atoms in total. The molecule has 0 amide bonds. The third kappa shape index (κ3) is 12.0. The Labute approximate surface area is 197 Å². The van der Waals surface area contributed by atoms with E-state index in [1.807, 2.05) is 13.1 Å². The summed E-state index contributed by atoms with van der Waals surface area (Å²) in [5.74, 6) is 0.0532. The molecule has 0 bridgehead atoms. The Hall–Kier alpha value is -1.46. The van der Waals surface area contributed by atoms with Crippen molar-refractivity contribution in [1.82, 2.24) is 0 Å². The molecule has 1 aliphatic heterocycles. The molecular weight excluding hydrogens is 398 g/mol. The van der Waals surface area contributed by atoms with Crippen LogP contribution in [0, 0.1) is 0 Å². The molecule has 0 spiro atoms. The third-order valence-electron chi connectivity index (χ3n) is 6.57. The van der Waals surface area contributed by atoms with Gasteiger partial charge in [-0.25, -0.2) is 14.3 Å². The van der Waals surface area contributed by atoms with Crippen molar-refractivity contribution in [3.63, 3.8) is 0 Å². The summed E-state index contributed by atoms with van der Waals surface area (Å²) in [6, 6.07) is 0. The first-order valence-electron chi connectivity index (χ1n) is 13.3. The van der Waals surface area contributed by atoms with Gasteiger partial charge in [-0.15, -0.1) is 0 Å². The Kier molecular flexibility index (Phi) is 16.1. The highest BCUT2D eigenvalue weighted by atomic mass is 16.4. The van der Waals surface area contributed by atoms with Crippen molar-refractivity contribution >= 4 is 11.8 Å². The highest BCUT2D eigenvalue weighted by Gasteiger charge is 2.40. The van der Waals surface area contributed by atoms with Crippen LogP contribution in [0.15, 0.2) is 29.5 Å². The van der Waals surface area contributed by atoms with Crippen molar-refractivity contribution in [3.8, 4) is 0 Å². The van der Waals surface area contributed by atoms with E-state index in [4.69, 9.17) is 5.73 Å². The molecule has 0 aromatic carbocycles. The summed E-state index contributed by atoms with van der Waals surface area (Å²) in [7, 11) is 0. The smallest absolute Gasteiger partial charge is 0.360 e. The molecule has 5 heteroatoms. The van der Waals surface area contributed by atoms with Crippen LogP contribution >= 0.6 is 0 Å². The Bertz CT molecular complexity index is 583. The van der Waals surface area contributed by atoms with Crippen LogP contribution in [0.2, 0.25) is 0 Å². The lowest BCUT2D eigenvalue weighted by Crippen LogP contribution is -2.59. The van der Waals surface area contributed by atoms with Crippen LogP contribution in [-0.4, -0.2) is 34.1 Å². The van der Waals surface area contributed by atoms with Crippen LogP contribution in [0.25, 0.3) is 0 Å². The van der Waals surface area contributed by atoms with Crippen LogP contribution in [0.4, 0.5) is 0 Å². The first kappa shape index (κ1) is 28.6. The fraction of sp³-hybridized carbons (Fsp3) is 0.778. The van der Waals surface area contributed by atoms with Crippen molar-refractivity contribution in [2.45, 2.75) is 129 Å². The number of aliphatic carboxylic acids is 1. The van der Waals surface area contributed by atoms with Crippen LogP contribution in [0.3, 0.4) is 0 Å². The number of aliphatic imine (C=N–C) groups is 1. The number of amidine groups is 1. The first-order chi connectivity index (χ1) is 15.5. The Morgan fingerprint density at radius 1 is 0.938 bits per heavy atom. The van der Waals surface area contributed by atoms with Gasteiger partial charge in [0.2, 0.25) is 5.84 Å². The highest BCUT2D eigenvalue weighted by molar-refractivity contribution is 5.81. The van der Waals surface area contributed by atoms with Crippen molar-refractivity contribution in [2.24, 2.45) is 10.7 Å². The topological polar surface area (TPSA) is 75.7 Å². The molecular formula is C27H50N3O2+. The summed E-state index contributed by atoms with van der Waals surface area (Å²) >= 11 is 0. The molecule has 2 atom stereocenters. The van der Waals surface area contributed by atoms with Crippen LogP contribution in [0.5, 0.6) is 0 Å². The maximum atomic E-state index is 11.3. The number of nitrogens with zero attached hydrogens (tertiary/aromatic N) is 2. The van der Waals surface area contributed by atoms with Crippen LogP contribution in [-0.2, 0) is 4.79 Å². The molecule has 3 N–H and O–H groups in total. The molecule has 1 rings (SSSR count). The lowest BCUT2D eigenvalue weighted by molar-refractivity contribution is -0.805. The Morgan fingerprint density at radius 2 is 1.44 bits per heavy atom. The molecule has 0 aliphatic carbocycles. The van der Waals surface area contributed by atoms with Gasteiger partial charge in [-0.3, -0.25) is 5.73 Å². The molecule has 32 heavy (non-hydrogen) atoms. The Balaban J connectivity index is 1.97. The standard InChI is InChI=1S/C27H49N3O2/c1-3-4-5-6-7-8-9-10-11-12-13-14-15-16-17-18-19-20-21-26-29-22-23-30(26,25(2)28)24-27(31)32/h12-13,22-23,25H,3-11,14-21,24,28H2,1-2H3/p+1/b13-12+. The minimum Gasteiger partial charge on any atom is -0.477 e. The highest BCUT2D eigenvalue weighted by Crippen LogP contribution is 2.23. The first-order valence-corrected chi connectivity index (χ1v) is 13.3. The van der Waals surface area contributed by atoms with Crippen molar-refractivity contribution < 1.29 is 14.4 Å². The van der Waals surface area contributed by atoms with E-state index in [1.165, 1.54) is 96.3 Å². The van der Waals surface area contributed by atoms with E-state index in [1.54, 1.807) is 6.20 Å². The zero-order valence-corrected chi connectivity index (χ0v) is 20.9. The number of allylic oxidation sites excluding steroid dienone is 2. The monoisotopic (exact) mass is 448 g/mol.